The van der Waals surface area contributed by atoms with Gasteiger partial charge in [0, 0.05) is 0 Å². The van der Waals surface area contributed by atoms with Crippen molar-refractivity contribution in [1.29, 1.82) is 0 Å². The zero-order valence-corrected chi connectivity index (χ0v) is 11.2. The first kappa shape index (κ1) is 11.8. The SMILES string of the molecule is Cc1cc(CC2CCNCC2)c2c(c1C)OCO2. The lowest BCUT2D eigenvalue weighted by Gasteiger charge is -2.23. The summed E-state index contributed by atoms with van der Waals surface area (Å²) in [5.41, 5.74) is 3.86. The molecule has 0 unspecified atom stereocenters. The average molecular weight is 247 g/mol. The lowest BCUT2D eigenvalue weighted by Crippen LogP contribution is -2.28. The van der Waals surface area contributed by atoms with Crippen LogP contribution in [0.1, 0.15) is 29.5 Å². The predicted molar refractivity (Wildman–Crippen MR) is 71.3 cm³/mol. The molecule has 98 valence electrons. The third-order valence-electron chi connectivity index (χ3n) is 4.19. The summed E-state index contributed by atoms with van der Waals surface area (Å²) in [6.07, 6.45) is 3.65. The fourth-order valence-electron chi connectivity index (χ4n) is 2.96. The van der Waals surface area contributed by atoms with Gasteiger partial charge in [-0.3, -0.25) is 0 Å². The maximum atomic E-state index is 5.67. The molecule has 0 spiro atoms. The maximum absolute atomic E-state index is 5.67. The van der Waals surface area contributed by atoms with E-state index in [9.17, 15) is 0 Å². The summed E-state index contributed by atoms with van der Waals surface area (Å²) < 4.78 is 11.3. The van der Waals surface area contributed by atoms with E-state index in [1.165, 1.54) is 29.5 Å². The molecule has 3 nitrogen and oxygen atoms in total. The molecular weight excluding hydrogens is 226 g/mol. The maximum Gasteiger partial charge on any atom is 0.231 e. The molecule has 1 aromatic carbocycles. The Balaban J connectivity index is 1.87. The normalized spacial score (nSPS) is 19.2. The summed E-state index contributed by atoms with van der Waals surface area (Å²) >= 11 is 0. The molecule has 0 aromatic heterocycles. The highest BCUT2D eigenvalue weighted by Crippen LogP contribution is 2.41. The molecule has 0 bridgehead atoms. The van der Waals surface area contributed by atoms with Crippen molar-refractivity contribution >= 4 is 0 Å². The fourth-order valence-corrected chi connectivity index (χ4v) is 2.96. The molecule has 2 aliphatic heterocycles. The van der Waals surface area contributed by atoms with Gasteiger partial charge in [-0.05, 0) is 68.8 Å². The van der Waals surface area contributed by atoms with E-state index in [4.69, 9.17) is 9.47 Å². The quantitative estimate of drug-likeness (QED) is 0.871. The van der Waals surface area contributed by atoms with Crippen LogP contribution in [0.15, 0.2) is 6.07 Å². The molecule has 1 aromatic rings. The molecule has 0 atom stereocenters. The standard InChI is InChI=1S/C15H21NO2/c1-10-7-13(8-12-3-5-16-6-4-12)15-14(11(10)2)17-9-18-15/h7,12,16H,3-6,8-9H2,1-2H3. The summed E-state index contributed by atoms with van der Waals surface area (Å²) in [5.74, 6) is 2.75. The van der Waals surface area contributed by atoms with Gasteiger partial charge in [0.05, 0.1) is 0 Å². The highest BCUT2D eigenvalue weighted by Gasteiger charge is 2.24. The summed E-state index contributed by atoms with van der Waals surface area (Å²) in [5, 5.41) is 3.42. The average Bonchev–Trinajstić information content (AvgIpc) is 2.86. The zero-order valence-electron chi connectivity index (χ0n) is 11.2. The molecule has 2 heterocycles. The second kappa shape index (κ2) is 4.81. The van der Waals surface area contributed by atoms with E-state index in [-0.39, 0.29) is 0 Å². The molecule has 2 aliphatic rings. The lowest BCUT2D eigenvalue weighted by atomic mass is 9.89. The van der Waals surface area contributed by atoms with Gasteiger partial charge in [-0.25, -0.2) is 0 Å². The van der Waals surface area contributed by atoms with E-state index >= 15 is 0 Å². The van der Waals surface area contributed by atoms with E-state index in [1.54, 1.807) is 0 Å². The Morgan fingerprint density at radius 1 is 1.17 bits per heavy atom. The van der Waals surface area contributed by atoms with Crippen LogP contribution in [-0.2, 0) is 6.42 Å². The molecule has 1 saturated heterocycles. The van der Waals surface area contributed by atoms with Crippen molar-refractivity contribution in [3.05, 3.63) is 22.8 Å². The van der Waals surface area contributed by atoms with Crippen molar-refractivity contribution in [3.63, 3.8) is 0 Å². The number of benzene rings is 1. The number of aryl methyl sites for hydroxylation is 1. The molecule has 18 heavy (non-hydrogen) atoms. The minimum Gasteiger partial charge on any atom is -0.453 e. The Labute approximate surface area is 108 Å². The third kappa shape index (κ3) is 2.07. The van der Waals surface area contributed by atoms with Gasteiger partial charge >= 0.3 is 0 Å². The summed E-state index contributed by atoms with van der Waals surface area (Å²) in [7, 11) is 0. The van der Waals surface area contributed by atoms with Gasteiger partial charge in [0.2, 0.25) is 6.79 Å². The minimum absolute atomic E-state index is 0.374. The second-order valence-corrected chi connectivity index (χ2v) is 5.44. The van der Waals surface area contributed by atoms with Crippen LogP contribution in [0.5, 0.6) is 11.5 Å². The van der Waals surface area contributed by atoms with E-state index < -0.39 is 0 Å². The van der Waals surface area contributed by atoms with Gasteiger partial charge < -0.3 is 14.8 Å². The van der Waals surface area contributed by atoms with Gasteiger partial charge in [0.1, 0.15) is 0 Å². The molecular formula is C15H21NO2. The minimum atomic E-state index is 0.374. The van der Waals surface area contributed by atoms with E-state index in [0.717, 1.165) is 36.9 Å². The van der Waals surface area contributed by atoms with Crippen molar-refractivity contribution in [3.8, 4) is 11.5 Å². The van der Waals surface area contributed by atoms with E-state index in [0.29, 0.717) is 6.79 Å². The Hall–Kier alpha value is -1.22. The largest absolute Gasteiger partial charge is 0.453 e. The third-order valence-corrected chi connectivity index (χ3v) is 4.19. The van der Waals surface area contributed by atoms with Gasteiger partial charge in [-0.2, -0.15) is 0 Å². The Bertz CT molecular complexity index is 450. The number of hydrogen-bond acceptors (Lipinski definition) is 3. The number of fused-ring (bicyclic) bond motifs is 1. The monoisotopic (exact) mass is 247 g/mol. The van der Waals surface area contributed by atoms with Crippen LogP contribution < -0.4 is 14.8 Å². The number of ether oxygens (including phenoxy) is 2. The molecule has 0 aliphatic carbocycles. The molecule has 3 rings (SSSR count). The number of piperidine rings is 1. The fraction of sp³-hybridized carbons (Fsp3) is 0.600. The van der Waals surface area contributed by atoms with Crippen molar-refractivity contribution in [1.82, 2.24) is 5.32 Å². The van der Waals surface area contributed by atoms with Crippen molar-refractivity contribution in [2.24, 2.45) is 5.92 Å². The topological polar surface area (TPSA) is 30.5 Å². The number of nitrogens with one attached hydrogen (secondary N) is 1. The summed E-state index contributed by atoms with van der Waals surface area (Å²) in [6.45, 7) is 6.93. The van der Waals surface area contributed by atoms with Crippen LogP contribution in [0.2, 0.25) is 0 Å². The predicted octanol–water partition coefficient (Wildman–Crippen LogP) is 2.57. The van der Waals surface area contributed by atoms with Crippen LogP contribution in [-0.4, -0.2) is 19.9 Å². The van der Waals surface area contributed by atoms with Crippen LogP contribution in [0.3, 0.4) is 0 Å². The highest BCUT2D eigenvalue weighted by molar-refractivity contribution is 5.56. The first-order chi connectivity index (χ1) is 8.75. The first-order valence-electron chi connectivity index (χ1n) is 6.85. The van der Waals surface area contributed by atoms with Crippen molar-refractivity contribution in [2.45, 2.75) is 33.1 Å². The summed E-state index contributed by atoms with van der Waals surface area (Å²) in [6, 6.07) is 2.28. The van der Waals surface area contributed by atoms with Crippen LogP contribution >= 0.6 is 0 Å². The van der Waals surface area contributed by atoms with Crippen LogP contribution in [0.4, 0.5) is 0 Å². The molecule has 0 saturated carbocycles. The molecule has 1 fully saturated rings. The zero-order chi connectivity index (χ0) is 12.5. The second-order valence-electron chi connectivity index (χ2n) is 5.44. The highest BCUT2D eigenvalue weighted by atomic mass is 16.7. The smallest absolute Gasteiger partial charge is 0.231 e. The van der Waals surface area contributed by atoms with Crippen molar-refractivity contribution < 1.29 is 9.47 Å². The molecule has 1 N–H and O–H groups in total. The number of rotatable bonds is 2. The Kier molecular flexibility index (Phi) is 3.16. The first-order valence-corrected chi connectivity index (χ1v) is 6.85. The van der Waals surface area contributed by atoms with Gasteiger partial charge in [0.15, 0.2) is 11.5 Å². The van der Waals surface area contributed by atoms with Crippen LogP contribution in [0, 0.1) is 19.8 Å². The Morgan fingerprint density at radius 3 is 2.67 bits per heavy atom. The lowest BCUT2D eigenvalue weighted by molar-refractivity contribution is 0.172. The number of hydrogen-bond donors (Lipinski definition) is 1. The van der Waals surface area contributed by atoms with Crippen molar-refractivity contribution in [2.75, 3.05) is 19.9 Å². The molecule has 0 radical (unpaired) electrons. The van der Waals surface area contributed by atoms with Gasteiger partial charge in [-0.1, -0.05) is 6.07 Å². The molecule has 0 amide bonds. The van der Waals surface area contributed by atoms with E-state index in [1.807, 2.05) is 0 Å². The Morgan fingerprint density at radius 2 is 1.89 bits per heavy atom. The van der Waals surface area contributed by atoms with Gasteiger partial charge in [-0.15, -0.1) is 0 Å². The van der Waals surface area contributed by atoms with E-state index in [2.05, 4.69) is 25.2 Å². The summed E-state index contributed by atoms with van der Waals surface area (Å²) in [4.78, 5) is 0. The van der Waals surface area contributed by atoms with Gasteiger partial charge in [0.25, 0.3) is 0 Å². The van der Waals surface area contributed by atoms with Crippen LogP contribution in [0.25, 0.3) is 0 Å². The molecule has 3 heteroatoms.